The molecule has 0 aliphatic carbocycles. The lowest BCUT2D eigenvalue weighted by Crippen LogP contribution is -2.56. The van der Waals surface area contributed by atoms with E-state index in [2.05, 4.69) is 39.6 Å². The average Bonchev–Trinajstić information content (AvgIpc) is 2.43. The van der Waals surface area contributed by atoms with Crippen LogP contribution in [0.4, 0.5) is 0 Å². The molecule has 1 heterocycles. The predicted octanol–water partition coefficient (Wildman–Crippen LogP) is 2.39. The van der Waals surface area contributed by atoms with Gasteiger partial charge in [-0.25, -0.2) is 0 Å². The number of likely N-dealkylation sites (N-methyl/N-ethyl adjacent to an activating group) is 1. The van der Waals surface area contributed by atoms with Crippen molar-refractivity contribution in [2.75, 3.05) is 7.05 Å². The van der Waals surface area contributed by atoms with Crippen LogP contribution in [0.25, 0.3) is 0 Å². The first kappa shape index (κ1) is 16.5. The highest BCUT2D eigenvalue weighted by molar-refractivity contribution is 5.95. The molecule has 0 aromatic carbocycles. The zero-order valence-electron chi connectivity index (χ0n) is 13.9. The average molecular weight is 278 g/mol. The molecular formula is C15H26N4O. The molecule has 5 nitrogen and oxygen atoms in total. The summed E-state index contributed by atoms with van der Waals surface area (Å²) in [6.45, 7) is 14.0. The van der Waals surface area contributed by atoms with Crippen molar-refractivity contribution in [3.63, 3.8) is 0 Å². The zero-order chi connectivity index (χ0) is 15.9. The third-order valence-corrected chi connectivity index (χ3v) is 4.15. The molecule has 1 fully saturated rings. The summed E-state index contributed by atoms with van der Waals surface area (Å²) >= 11 is 0. The van der Waals surface area contributed by atoms with Gasteiger partial charge in [0.1, 0.15) is 11.4 Å². The van der Waals surface area contributed by atoms with Gasteiger partial charge in [0.2, 0.25) is 12.1 Å². The number of hydrogen-bond donors (Lipinski definition) is 0. The quantitative estimate of drug-likeness (QED) is 0.420. The van der Waals surface area contributed by atoms with Crippen LogP contribution in [0.3, 0.4) is 0 Å². The molecule has 0 spiro atoms. The Morgan fingerprint density at radius 1 is 1.40 bits per heavy atom. The fourth-order valence-electron chi connectivity index (χ4n) is 3.49. The van der Waals surface area contributed by atoms with Crippen molar-refractivity contribution in [2.45, 2.75) is 71.5 Å². The molecule has 0 aromatic heterocycles. The van der Waals surface area contributed by atoms with E-state index in [1.54, 1.807) is 13.1 Å². The Hall–Kier alpha value is -1.57. The fourth-order valence-corrected chi connectivity index (χ4v) is 3.49. The maximum absolute atomic E-state index is 13.0. The van der Waals surface area contributed by atoms with E-state index in [-0.39, 0.29) is 17.0 Å². The molecule has 0 radical (unpaired) electrons. The number of likely N-dealkylation sites (tertiary alicyclic amines) is 1. The first-order chi connectivity index (χ1) is 8.88. The summed E-state index contributed by atoms with van der Waals surface area (Å²) in [5, 5.41) is 8.70. The molecule has 1 aliphatic heterocycles. The van der Waals surface area contributed by atoms with E-state index in [0.717, 1.165) is 0 Å². The lowest BCUT2D eigenvalue weighted by molar-refractivity contribution is -0.142. The summed E-state index contributed by atoms with van der Waals surface area (Å²) in [7, 11) is 1.83. The lowest BCUT2D eigenvalue weighted by atomic mass is 9.89. The summed E-state index contributed by atoms with van der Waals surface area (Å²) in [5.74, 6) is 0.653. The molecule has 1 aliphatic rings. The minimum absolute atomic E-state index is 0.0880. The van der Waals surface area contributed by atoms with Crippen LogP contribution in [0, 0.1) is 11.5 Å². The molecule has 0 bridgehead atoms. The standard InChI is InChI=1S/C15H26N4O/c1-11(17-10-16)18(8)15(7)9-14(5,6)19(12(15)20)13(2,3)4/h9H2,1-8H3. The molecule has 1 amide bonds. The van der Waals surface area contributed by atoms with E-state index < -0.39 is 5.54 Å². The van der Waals surface area contributed by atoms with Gasteiger partial charge in [-0.05, 0) is 48.5 Å². The summed E-state index contributed by atoms with van der Waals surface area (Å²) < 4.78 is 0. The van der Waals surface area contributed by atoms with Gasteiger partial charge in [-0.1, -0.05) is 0 Å². The SMILES string of the molecule is CC(=NC#N)N(C)C1(C)CC(C)(C)N(C(C)(C)C)C1=O. The number of hydrogen-bond acceptors (Lipinski definition) is 3. The third-order valence-electron chi connectivity index (χ3n) is 4.15. The van der Waals surface area contributed by atoms with Gasteiger partial charge in [-0.15, -0.1) is 0 Å². The van der Waals surface area contributed by atoms with Crippen LogP contribution < -0.4 is 0 Å². The molecule has 1 atom stereocenters. The minimum Gasteiger partial charge on any atom is -0.348 e. The van der Waals surface area contributed by atoms with Crippen LogP contribution in [0.2, 0.25) is 0 Å². The highest BCUT2D eigenvalue weighted by Crippen LogP contribution is 2.43. The highest BCUT2D eigenvalue weighted by atomic mass is 16.2. The number of amides is 1. The number of aliphatic imine (C=N–C) groups is 1. The van der Waals surface area contributed by atoms with E-state index in [0.29, 0.717) is 12.3 Å². The van der Waals surface area contributed by atoms with E-state index in [9.17, 15) is 4.79 Å². The Balaban J connectivity index is 3.27. The van der Waals surface area contributed by atoms with Crippen LogP contribution in [0.15, 0.2) is 4.99 Å². The summed E-state index contributed by atoms with van der Waals surface area (Å²) in [6.07, 6.45) is 2.49. The van der Waals surface area contributed by atoms with Crippen LogP contribution in [0.1, 0.15) is 54.9 Å². The molecule has 0 aromatic rings. The molecule has 1 saturated heterocycles. The number of rotatable bonds is 1. The van der Waals surface area contributed by atoms with Gasteiger partial charge in [-0.2, -0.15) is 10.3 Å². The van der Waals surface area contributed by atoms with Gasteiger partial charge in [0.05, 0.1) is 0 Å². The Bertz CT molecular complexity index is 481. The molecule has 1 rings (SSSR count). The number of carbonyl (C=O) groups is 1. The zero-order valence-corrected chi connectivity index (χ0v) is 13.9. The molecule has 20 heavy (non-hydrogen) atoms. The number of nitriles is 1. The van der Waals surface area contributed by atoms with Gasteiger partial charge in [-0.3, -0.25) is 4.79 Å². The maximum Gasteiger partial charge on any atom is 0.249 e. The van der Waals surface area contributed by atoms with Crippen molar-refractivity contribution >= 4 is 11.7 Å². The number of carbonyl (C=O) groups excluding carboxylic acids is 1. The number of amidine groups is 1. The smallest absolute Gasteiger partial charge is 0.249 e. The first-order valence-corrected chi connectivity index (χ1v) is 6.90. The second-order valence-corrected chi connectivity index (χ2v) is 7.39. The molecule has 0 saturated carbocycles. The number of nitrogens with zero attached hydrogens (tertiary/aromatic N) is 4. The van der Waals surface area contributed by atoms with Gasteiger partial charge in [0.15, 0.2) is 0 Å². The van der Waals surface area contributed by atoms with Crippen LogP contribution in [-0.2, 0) is 4.79 Å². The first-order valence-electron chi connectivity index (χ1n) is 6.90. The molecule has 112 valence electrons. The second-order valence-electron chi connectivity index (χ2n) is 7.39. The minimum atomic E-state index is -0.665. The summed E-state index contributed by atoms with van der Waals surface area (Å²) in [5.41, 5.74) is -1.13. The van der Waals surface area contributed by atoms with Gasteiger partial charge >= 0.3 is 0 Å². The highest BCUT2D eigenvalue weighted by Gasteiger charge is 2.57. The Labute approximate surface area is 122 Å². The van der Waals surface area contributed by atoms with E-state index >= 15 is 0 Å². The maximum atomic E-state index is 13.0. The van der Waals surface area contributed by atoms with Crippen molar-refractivity contribution in [2.24, 2.45) is 4.99 Å². The fraction of sp³-hybridized carbons (Fsp3) is 0.800. The molecule has 0 N–H and O–H groups in total. The van der Waals surface area contributed by atoms with Gasteiger partial charge in [0, 0.05) is 24.5 Å². The van der Waals surface area contributed by atoms with Crippen molar-refractivity contribution in [1.82, 2.24) is 9.80 Å². The van der Waals surface area contributed by atoms with Gasteiger partial charge in [0.25, 0.3) is 0 Å². The summed E-state index contributed by atoms with van der Waals surface area (Å²) in [6, 6.07) is 0. The normalized spacial score (nSPS) is 26.6. The largest absolute Gasteiger partial charge is 0.348 e. The van der Waals surface area contributed by atoms with Crippen LogP contribution in [-0.4, -0.2) is 45.2 Å². The van der Waals surface area contributed by atoms with Crippen LogP contribution in [0.5, 0.6) is 0 Å². The van der Waals surface area contributed by atoms with Gasteiger partial charge < -0.3 is 9.80 Å². The Morgan fingerprint density at radius 3 is 2.25 bits per heavy atom. The monoisotopic (exact) mass is 278 g/mol. The summed E-state index contributed by atoms with van der Waals surface area (Å²) in [4.78, 5) is 20.5. The van der Waals surface area contributed by atoms with E-state index in [1.807, 2.05) is 23.8 Å². The van der Waals surface area contributed by atoms with Crippen molar-refractivity contribution in [1.29, 1.82) is 5.26 Å². The Morgan fingerprint density at radius 2 is 1.90 bits per heavy atom. The molecule has 1 unspecified atom stereocenters. The van der Waals surface area contributed by atoms with Crippen molar-refractivity contribution < 1.29 is 4.79 Å². The van der Waals surface area contributed by atoms with Crippen molar-refractivity contribution in [3.8, 4) is 6.19 Å². The van der Waals surface area contributed by atoms with E-state index in [4.69, 9.17) is 5.26 Å². The third kappa shape index (κ3) is 2.52. The van der Waals surface area contributed by atoms with Crippen LogP contribution >= 0.6 is 0 Å². The van der Waals surface area contributed by atoms with E-state index in [1.165, 1.54) is 0 Å². The Kier molecular flexibility index (Phi) is 3.93. The molecule has 5 heteroatoms. The molecular weight excluding hydrogens is 252 g/mol. The predicted molar refractivity (Wildman–Crippen MR) is 80.2 cm³/mol. The topological polar surface area (TPSA) is 59.7 Å². The second kappa shape index (κ2) is 4.76. The lowest BCUT2D eigenvalue weighted by Gasteiger charge is -2.42. The van der Waals surface area contributed by atoms with Crippen molar-refractivity contribution in [3.05, 3.63) is 0 Å².